The Labute approximate surface area is 84.3 Å². The van der Waals surface area contributed by atoms with E-state index in [0.29, 0.717) is 11.8 Å². The van der Waals surface area contributed by atoms with Crippen molar-refractivity contribution in [3.8, 4) is 11.8 Å². The molecule has 0 aliphatic rings. The number of nitrogens with zero attached hydrogens (tertiary/aromatic N) is 2. The maximum Gasteiger partial charge on any atom is 0.235 e. The van der Waals surface area contributed by atoms with Crippen molar-refractivity contribution >= 4 is 0 Å². The predicted octanol–water partition coefficient (Wildman–Crippen LogP) is 1.62. The number of hydrogen-bond donors (Lipinski definition) is 0. The van der Waals surface area contributed by atoms with Gasteiger partial charge >= 0.3 is 0 Å². The third-order valence-corrected chi connectivity index (χ3v) is 2.02. The van der Waals surface area contributed by atoms with Gasteiger partial charge in [-0.3, -0.25) is 0 Å². The zero-order chi connectivity index (χ0) is 10.6. The van der Waals surface area contributed by atoms with E-state index in [1.807, 2.05) is 13.8 Å². The van der Waals surface area contributed by atoms with Gasteiger partial charge < -0.3 is 9.47 Å². The van der Waals surface area contributed by atoms with Crippen molar-refractivity contribution < 1.29 is 9.47 Å². The van der Waals surface area contributed by atoms with Crippen molar-refractivity contribution in [3.63, 3.8) is 0 Å². The van der Waals surface area contributed by atoms with Crippen LogP contribution in [0.4, 0.5) is 0 Å². The van der Waals surface area contributed by atoms with Crippen LogP contribution < -0.4 is 9.47 Å². The molecule has 0 radical (unpaired) electrons. The molecule has 0 bridgehead atoms. The van der Waals surface area contributed by atoms with Crippen LogP contribution in [0.3, 0.4) is 0 Å². The Morgan fingerprint density at radius 2 is 1.21 bits per heavy atom. The van der Waals surface area contributed by atoms with E-state index in [-0.39, 0.29) is 0 Å². The van der Waals surface area contributed by atoms with Gasteiger partial charge in [0.25, 0.3) is 0 Å². The highest BCUT2D eigenvalue weighted by Crippen LogP contribution is 2.21. The van der Waals surface area contributed by atoms with Crippen molar-refractivity contribution in [1.82, 2.24) is 9.97 Å². The first kappa shape index (κ1) is 10.8. The smallest absolute Gasteiger partial charge is 0.235 e. The largest absolute Gasteiger partial charge is 0.480 e. The Hall–Kier alpha value is -1.32. The molecule has 0 N–H and O–H groups in total. The van der Waals surface area contributed by atoms with Crippen LogP contribution in [-0.4, -0.2) is 24.2 Å². The van der Waals surface area contributed by atoms with Gasteiger partial charge in [0.1, 0.15) is 11.4 Å². The third-order valence-electron chi connectivity index (χ3n) is 2.02. The minimum Gasteiger partial charge on any atom is -0.480 e. The lowest BCUT2D eigenvalue weighted by atomic mass is 10.3. The Kier molecular flexibility index (Phi) is 3.68. The first-order chi connectivity index (χ1) is 6.76. The number of ether oxygens (including phenoxy) is 2. The van der Waals surface area contributed by atoms with Crippen LogP contribution in [0.2, 0.25) is 0 Å². The maximum absolute atomic E-state index is 5.15. The van der Waals surface area contributed by atoms with Crippen LogP contribution in [-0.2, 0) is 12.8 Å². The summed E-state index contributed by atoms with van der Waals surface area (Å²) in [4.78, 5) is 8.68. The summed E-state index contributed by atoms with van der Waals surface area (Å²) in [6.45, 7) is 4.02. The number of aryl methyl sites for hydroxylation is 2. The van der Waals surface area contributed by atoms with Crippen molar-refractivity contribution in [2.45, 2.75) is 26.7 Å². The first-order valence-electron chi connectivity index (χ1n) is 4.74. The number of aromatic nitrogens is 2. The van der Waals surface area contributed by atoms with Crippen molar-refractivity contribution in [2.75, 3.05) is 14.2 Å². The van der Waals surface area contributed by atoms with Crippen LogP contribution in [0.5, 0.6) is 11.8 Å². The average Bonchev–Trinajstić information content (AvgIpc) is 2.26. The normalized spacial score (nSPS) is 10.0. The van der Waals surface area contributed by atoms with Gasteiger partial charge in [-0.25, -0.2) is 9.97 Å². The minimum atomic E-state index is 0.602. The monoisotopic (exact) mass is 196 g/mol. The molecule has 0 aromatic carbocycles. The molecular formula is C10H16N2O2. The van der Waals surface area contributed by atoms with E-state index in [0.717, 1.165) is 24.2 Å². The van der Waals surface area contributed by atoms with Crippen LogP contribution in [0.25, 0.3) is 0 Å². The lowest BCUT2D eigenvalue weighted by molar-refractivity contribution is 0.363. The van der Waals surface area contributed by atoms with Crippen LogP contribution in [0.15, 0.2) is 0 Å². The zero-order valence-electron chi connectivity index (χ0n) is 9.13. The van der Waals surface area contributed by atoms with Crippen molar-refractivity contribution in [2.24, 2.45) is 0 Å². The fourth-order valence-corrected chi connectivity index (χ4v) is 1.26. The molecule has 1 aromatic heterocycles. The minimum absolute atomic E-state index is 0.602. The molecule has 0 aliphatic carbocycles. The van der Waals surface area contributed by atoms with Gasteiger partial charge in [0.05, 0.1) is 14.2 Å². The molecule has 1 aromatic rings. The fourth-order valence-electron chi connectivity index (χ4n) is 1.26. The van der Waals surface area contributed by atoms with Crippen molar-refractivity contribution in [1.29, 1.82) is 0 Å². The highest BCUT2D eigenvalue weighted by Gasteiger charge is 2.11. The number of hydrogen-bond acceptors (Lipinski definition) is 4. The van der Waals surface area contributed by atoms with Gasteiger partial charge in [-0.15, -0.1) is 0 Å². The highest BCUT2D eigenvalue weighted by atomic mass is 16.5. The molecule has 4 nitrogen and oxygen atoms in total. The number of rotatable bonds is 4. The lowest BCUT2D eigenvalue weighted by Crippen LogP contribution is -2.04. The van der Waals surface area contributed by atoms with Gasteiger partial charge in [0.2, 0.25) is 11.8 Å². The molecule has 14 heavy (non-hydrogen) atoms. The Morgan fingerprint density at radius 3 is 1.43 bits per heavy atom. The summed E-state index contributed by atoms with van der Waals surface area (Å²) >= 11 is 0. The van der Waals surface area contributed by atoms with E-state index in [4.69, 9.17) is 9.47 Å². The van der Waals surface area contributed by atoms with E-state index in [1.54, 1.807) is 14.2 Å². The van der Waals surface area contributed by atoms with Gasteiger partial charge in [-0.05, 0) is 12.8 Å². The second-order valence-corrected chi connectivity index (χ2v) is 2.84. The van der Waals surface area contributed by atoms with E-state index < -0.39 is 0 Å². The summed E-state index contributed by atoms with van der Waals surface area (Å²) in [5.74, 6) is 1.20. The molecular weight excluding hydrogens is 180 g/mol. The Balaban J connectivity index is 3.20. The molecule has 0 atom stereocenters. The summed E-state index contributed by atoms with van der Waals surface area (Å²) in [5.41, 5.74) is 1.67. The number of methoxy groups -OCH3 is 2. The summed E-state index contributed by atoms with van der Waals surface area (Å²) in [6, 6.07) is 0. The quantitative estimate of drug-likeness (QED) is 0.734. The second-order valence-electron chi connectivity index (χ2n) is 2.84. The van der Waals surface area contributed by atoms with E-state index in [2.05, 4.69) is 9.97 Å². The summed E-state index contributed by atoms with van der Waals surface area (Å²) in [5, 5.41) is 0. The molecule has 4 heteroatoms. The van der Waals surface area contributed by atoms with E-state index in [1.165, 1.54) is 0 Å². The zero-order valence-corrected chi connectivity index (χ0v) is 9.13. The Bertz CT molecular complexity index is 255. The summed E-state index contributed by atoms with van der Waals surface area (Å²) < 4.78 is 10.3. The maximum atomic E-state index is 5.15. The molecule has 78 valence electrons. The van der Waals surface area contributed by atoms with Crippen LogP contribution >= 0.6 is 0 Å². The topological polar surface area (TPSA) is 44.2 Å². The van der Waals surface area contributed by atoms with Gasteiger partial charge in [0.15, 0.2) is 0 Å². The standard InChI is InChI=1S/C10H16N2O2/c1-5-7-9(13-3)12-8(6-2)10(11-7)14-4/h5-6H2,1-4H3. The molecule has 0 amide bonds. The highest BCUT2D eigenvalue weighted by molar-refractivity contribution is 5.28. The van der Waals surface area contributed by atoms with Crippen LogP contribution in [0.1, 0.15) is 25.2 Å². The van der Waals surface area contributed by atoms with E-state index >= 15 is 0 Å². The second kappa shape index (κ2) is 4.79. The SMILES string of the molecule is CCc1nc(OC)c(CC)nc1OC. The molecule has 0 spiro atoms. The molecule has 1 heterocycles. The molecule has 0 saturated carbocycles. The molecule has 0 saturated heterocycles. The summed E-state index contributed by atoms with van der Waals surface area (Å²) in [7, 11) is 3.21. The van der Waals surface area contributed by atoms with E-state index in [9.17, 15) is 0 Å². The first-order valence-corrected chi connectivity index (χ1v) is 4.74. The lowest BCUT2D eigenvalue weighted by Gasteiger charge is -2.10. The molecule has 0 fully saturated rings. The predicted molar refractivity (Wildman–Crippen MR) is 53.9 cm³/mol. The van der Waals surface area contributed by atoms with Crippen LogP contribution in [0, 0.1) is 0 Å². The average molecular weight is 196 g/mol. The molecule has 1 rings (SSSR count). The third kappa shape index (κ3) is 1.95. The fraction of sp³-hybridized carbons (Fsp3) is 0.600. The van der Waals surface area contributed by atoms with Gasteiger partial charge in [0, 0.05) is 0 Å². The Morgan fingerprint density at radius 1 is 0.857 bits per heavy atom. The van der Waals surface area contributed by atoms with Gasteiger partial charge in [-0.1, -0.05) is 13.8 Å². The van der Waals surface area contributed by atoms with Crippen molar-refractivity contribution in [3.05, 3.63) is 11.4 Å². The molecule has 0 unspecified atom stereocenters. The van der Waals surface area contributed by atoms with Gasteiger partial charge in [-0.2, -0.15) is 0 Å². The molecule has 0 aliphatic heterocycles. The summed E-state index contributed by atoms with van der Waals surface area (Å²) in [6.07, 6.45) is 1.58.